The number of carbonyl (C=O) groups is 3. The molecule has 0 amide bonds. The van der Waals surface area contributed by atoms with Crippen molar-refractivity contribution in [1.29, 1.82) is 0 Å². The first-order valence-corrected chi connectivity index (χ1v) is 8.25. The minimum Gasteiger partial charge on any atom is -0.496 e. The summed E-state index contributed by atoms with van der Waals surface area (Å²) in [5.74, 6) is -0.410. The summed E-state index contributed by atoms with van der Waals surface area (Å²) in [5.41, 5.74) is 3.39. The minimum absolute atomic E-state index is 0.0790. The number of ether oxygens (including phenoxy) is 2. The van der Waals surface area contributed by atoms with Crippen molar-refractivity contribution >= 4 is 17.5 Å². The molecule has 0 spiro atoms. The van der Waals surface area contributed by atoms with Crippen molar-refractivity contribution in [2.45, 2.75) is 27.2 Å². The van der Waals surface area contributed by atoms with E-state index in [0.717, 1.165) is 11.1 Å². The molecule has 0 aromatic heterocycles. The predicted molar refractivity (Wildman–Crippen MR) is 97.9 cm³/mol. The zero-order valence-corrected chi connectivity index (χ0v) is 15.4. The molecule has 2 aromatic rings. The van der Waals surface area contributed by atoms with Crippen LogP contribution < -0.4 is 4.74 Å². The van der Waals surface area contributed by atoms with E-state index in [2.05, 4.69) is 0 Å². The summed E-state index contributed by atoms with van der Waals surface area (Å²) >= 11 is 0. The third-order valence-corrected chi connectivity index (χ3v) is 4.08. The molecule has 0 N–H and O–H groups in total. The Labute approximate surface area is 152 Å². The van der Waals surface area contributed by atoms with Crippen LogP contribution in [0.15, 0.2) is 36.4 Å². The molecule has 26 heavy (non-hydrogen) atoms. The van der Waals surface area contributed by atoms with Gasteiger partial charge in [-0.1, -0.05) is 17.7 Å². The molecule has 0 saturated carbocycles. The number of rotatable bonds is 7. The van der Waals surface area contributed by atoms with E-state index in [-0.39, 0.29) is 24.6 Å². The van der Waals surface area contributed by atoms with Gasteiger partial charge in [0.1, 0.15) is 5.75 Å². The molecular weight excluding hydrogens is 332 g/mol. The molecular formula is C21H22O5. The predicted octanol–water partition coefficient (Wildman–Crippen LogP) is 3.48. The molecule has 0 aliphatic rings. The molecule has 136 valence electrons. The summed E-state index contributed by atoms with van der Waals surface area (Å²) in [7, 11) is 1.49. The van der Waals surface area contributed by atoms with Crippen LogP contribution in [-0.2, 0) is 16.0 Å². The van der Waals surface area contributed by atoms with Crippen molar-refractivity contribution in [1.82, 2.24) is 0 Å². The smallest absolute Gasteiger partial charge is 0.310 e. The Hall–Kier alpha value is -2.95. The summed E-state index contributed by atoms with van der Waals surface area (Å²) < 4.78 is 10.3. The summed E-state index contributed by atoms with van der Waals surface area (Å²) in [6.07, 6.45) is -0.0790. The van der Waals surface area contributed by atoms with E-state index in [1.54, 1.807) is 24.3 Å². The summed E-state index contributed by atoms with van der Waals surface area (Å²) in [6, 6.07) is 10.5. The first-order valence-electron chi connectivity index (χ1n) is 8.25. The molecule has 0 unspecified atom stereocenters. The molecule has 0 bridgehead atoms. The number of Topliss-reactive ketones (excluding diaryl/α,β-unsaturated/α-hetero) is 2. The van der Waals surface area contributed by atoms with Gasteiger partial charge in [0.2, 0.25) is 5.78 Å². The fourth-order valence-electron chi connectivity index (χ4n) is 2.60. The van der Waals surface area contributed by atoms with E-state index in [4.69, 9.17) is 9.47 Å². The molecule has 5 heteroatoms. The maximum Gasteiger partial charge on any atom is 0.310 e. The van der Waals surface area contributed by atoms with Gasteiger partial charge in [0.15, 0.2) is 12.4 Å². The molecule has 0 fully saturated rings. The number of hydrogen-bond acceptors (Lipinski definition) is 5. The lowest BCUT2D eigenvalue weighted by Gasteiger charge is -2.10. The topological polar surface area (TPSA) is 69.7 Å². The maximum absolute atomic E-state index is 12.3. The number of esters is 1. The van der Waals surface area contributed by atoms with Crippen LogP contribution in [0.1, 0.15) is 44.3 Å². The van der Waals surface area contributed by atoms with Gasteiger partial charge >= 0.3 is 5.97 Å². The molecule has 0 atom stereocenters. The van der Waals surface area contributed by atoms with Gasteiger partial charge in [-0.05, 0) is 50.6 Å². The molecule has 5 nitrogen and oxygen atoms in total. The van der Waals surface area contributed by atoms with Gasteiger partial charge < -0.3 is 9.47 Å². The standard InChI is InChI=1S/C21H22O5/c1-13-5-6-14(2)18(9-13)19(23)12-26-21(24)11-17-10-16(15(3)22)7-8-20(17)25-4/h5-10H,11-12H2,1-4H3. The highest BCUT2D eigenvalue weighted by Crippen LogP contribution is 2.21. The Balaban J connectivity index is 2.05. The number of aryl methyl sites for hydroxylation is 2. The van der Waals surface area contributed by atoms with Crippen LogP contribution in [0.5, 0.6) is 5.75 Å². The maximum atomic E-state index is 12.3. The quantitative estimate of drug-likeness (QED) is 0.562. The van der Waals surface area contributed by atoms with Crippen molar-refractivity contribution in [3.63, 3.8) is 0 Å². The van der Waals surface area contributed by atoms with Crippen LogP contribution in [0, 0.1) is 13.8 Å². The van der Waals surface area contributed by atoms with E-state index in [9.17, 15) is 14.4 Å². The summed E-state index contributed by atoms with van der Waals surface area (Å²) in [4.78, 5) is 35.9. The first-order chi connectivity index (χ1) is 12.3. The zero-order chi connectivity index (χ0) is 19.3. The van der Waals surface area contributed by atoms with Gasteiger partial charge in [-0.25, -0.2) is 0 Å². The SMILES string of the molecule is COc1ccc(C(C)=O)cc1CC(=O)OCC(=O)c1cc(C)ccc1C. The fraction of sp³-hybridized carbons (Fsp3) is 0.286. The lowest BCUT2D eigenvalue weighted by Crippen LogP contribution is -2.17. The Bertz CT molecular complexity index is 851. The van der Waals surface area contributed by atoms with E-state index in [1.807, 2.05) is 26.0 Å². The van der Waals surface area contributed by atoms with Gasteiger partial charge in [-0.15, -0.1) is 0 Å². The van der Waals surface area contributed by atoms with Crippen LogP contribution >= 0.6 is 0 Å². The van der Waals surface area contributed by atoms with Gasteiger partial charge in [0.25, 0.3) is 0 Å². The van der Waals surface area contributed by atoms with Crippen molar-refractivity contribution in [3.05, 3.63) is 64.2 Å². The highest BCUT2D eigenvalue weighted by molar-refractivity contribution is 5.99. The van der Waals surface area contributed by atoms with Crippen molar-refractivity contribution in [2.24, 2.45) is 0 Å². The molecule has 0 radical (unpaired) electrons. The van der Waals surface area contributed by atoms with Crippen LogP contribution in [0.4, 0.5) is 0 Å². The Morgan fingerprint density at radius 1 is 1.00 bits per heavy atom. The number of carbonyl (C=O) groups excluding carboxylic acids is 3. The average molecular weight is 354 g/mol. The molecule has 0 saturated heterocycles. The highest BCUT2D eigenvalue weighted by Gasteiger charge is 2.15. The van der Waals surface area contributed by atoms with E-state index < -0.39 is 5.97 Å². The zero-order valence-electron chi connectivity index (χ0n) is 15.4. The van der Waals surface area contributed by atoms with Crippen LogP contribution in [0.3, 0.4) is 0 Å². The molecule has 2 rings (SSSR count). The van der Waals surface area contributed by atoms with E-state index in [0.29, 0.717) is 22.4 Å². The van der Waals surface area contributed by atoms with Gasteiger partial charge in [-0.2, -0.15) is 0 Å². The van der Waals surface area contributed by atoms with Gasteiger partial charge in [0, 0.05) is 16.7 Å². The monoisotopic (exact) mass is 354 g/mol. The second kappa shape index (κ2) is 8.43. The van der Waals surface area contributed by atoms with E-state index >= 15 is 0 Å². The molecule has 0 heterocycles. The summed E-state index contributed by atoms with van der Waals surface area (Å²) in [6.45, 7) is 4.87. The first kappa shape index (κ1) is 19.4. The number of hydrogen-bond donors (Lipinski definition) is 0. The van der Waals surface area contributed by atoms with Crippen LogP contribution in [0.2, 0.25) is 0 Å². The molecule has 2 aromatic carbocycles. The van der Waals surface area contributed by atoms with Crippen LogP contribution in [-0.4, -0.2) is 31.3 Å². The Morgan fingerprint density at radius 2 is 1.73 bits per heavy atom. The highest BCUT2D eigenvalue weighted by atomic mass is 16.5. The largest absolute Gasteiger partial charge is 0.496 e. The average Bonchev–Trinajstić information content (AvgIpc) is 2.61. The second-order valence-electron chi connectivity index (χ2n) is 6.16. The Morgan fingerprint density at radius 3 is 2.38 bits per heavy atom. The third-order valence-electron chi connectivity index (χ3n) is 4.08. The lowest BCUT2D eigenvalue weighted by molar-refractivity contribution is -0.141. The van der Waals surface area contributed by atoms with Gasteiger partial charge in [0.05, 0.1) is 13.5 Å². The van der Waals surface area contributed by atoms with Crippen LogP contribution in [0.25, 0.3) is 0 Å². The lowest BCUT2D eigenvalue weighted by atomic mass is 10.0. The number of methoxy groups -OCH3 is 1. The number of benzene rings is 2. The van der Waals surface area contributed by atoms with E-state index in [1.165, 1.54) is 14.0 Å². The minimum atomic E-state index is -0.553. The second-order valence-corrected chi connectivity index (χ2v) is 6.16. The summed E-state index contributed by atoms with van der Waals surface area (Å²) in [5, 5.41) is 0. The third kappa shape index (κ3) is 4.79. The Kier molecular flexibility index (Phi) is 6.28. The molecule has 0 aliphatic carbocycles. The van der Waals surface area contributed by atoms with Crippen molar-refractivity contribution in [3.8, 4) is 5.75 Å². The number of ketones is 2. The fourth-order valence-corrected chi connectivity index (χ4v) is 2.60. The molecule has 0 aliphatic heterocycles. The normalized spacial score (nSPS) is 10.3. The van der Waals surface area contributed by atoms with Gasteiger partial charge in [-0.3, -0.25) is 14.4 Å². The van der Waals surface area contributed by atoms with Crippen molar-refractivity contribution in [2.75, 3.05) is 13.7 Å². The van der Waals surface area contributed by atoms with Crippen molar-refractivity contribution < 1.29 is 23.9 Å².